The highest BCUT2D eigenvalue weighted by Crippen LogP contribution is 2.23. The van der Waals surface area contributed by atoms with Gasteiger partial charge < -0.3 is 15.4 Å². The van der Waals surface area contributed by atoms with Crippen LogP contribution >= 0.6 is 11.3 Å². The Balaban J connectivity index is 1.90. The average Bonchev–Trinajstić information content (AvgIpc) is 2.97. The fraction of sp³-hybridized carbons (Fsp3) is 0.375. The number of hydrogen-bond acceptors (Lipinski definition) is 5. The molecule has 0 radical (unpaired) electrons. The monoisotopic (exact) mass is 355 g/mol. The number of benzene rings is 1. The number of amides is 1. The molecule has 1 amide bonds. The molecule has 0 aliphatic heterocycles. The van der Waals surface area contributed by atoms with Crippen molar-refractivity contribution in [3.05, 3.63) is 35.3 Å². The number of carbonyl (C=O) groups is 1. The standard InChI is InChI=1S/C16H19F2N3O2S/c1-10(2)7-8-19-14(22)13-9-24-16(21-13)20-11-3-5-12(6-4-11)23-15(17)18/h3-6,9-10,15H,7-8H2,1-2H3,(H,19,22)(H,20,21). The molecule has 24 heavy (non-hydrogen) atoms. The highest BCUT2D eigenvalue weighted by Gasteiger charge is 2.11. The third-order valence-electron chi connectivity index (χ3n) is 3.07. The van der Waals surface area contributed by atoms with Gasteiger partial charge in [0.1, 0.15) is 11.4 Å². The van der Waals surface area contributed by atoms with E-state index in [9.17, 15) is 13.6 Å². The van der Waals surface area contributed by atoms with Crippen LogP contribution in [0, 0.1) is 5.92 Å². The first kappa shape index (κ1) is 18.1. The van der Waals surface area contributed by atoms with Crippen molar-refractivity contribution in [1.29, 1.82) is 0 Å². The number of thiazole rings is 1. The van der Waals surface area contributed by atoms with Gasteiger partial charge in [-0.3, -0.25) is 4.79 Å². The number of nitrogens with one attached hydrogen (secondary N) is 2. The topological polar surface area (TPSA) is 63.2 Å². The van der Waals surface area contributed by atoms with Gasteiger partial charge >= 0.3 is 6.61 Å². The normalized spacial score (nSPS) is 10.9. The largest absolute Gasteiger partial charge is 0.435 e. The van der Waals surface area contributed by atoms with Gasteiger partial charge in [0.2, 0.25) is 0 Å². The Hall–Kier alpha value is -2.22. The maximum atomic E-state index is 12.1. The third-order valence-corrected chi connectivity index (χ3v) is 3.83. The number of hydrogen-bond donors (Lipinski definition) is 2. The Kier molecular flexibility index (Phi) is 6.48. The van der Waals surface area contributed by atoms with Crippen molar-refractivity contribution in [2.24, 2.45) is 5.92 Å². The number of ether oxygens (including phenoxy) is 1. The lowest BCUT2D eigenvalue weighted by Gasteiger charge is -2.06. The molecular weight excluding hydrogens is 336 g/mol. The number of alkyl halides is 2. The van der Waals surface area contributed by atoms with Crippen molar-refractivity contribution >= 4 is 28.1 Å². The first-order chi connectivity index (χ1) is 11.4. The van der Waals surface area contributed by atoms with Gasteiger partial charge in [0, 0.05) is 17.6 Å². The van der Waals surface area contributed by atoms with Crippen molar-refractivity contribution < 1.29 is 18.3 Å². The maximum absolute atomic E-state index is 12.1. The van der Waals surface area contributed by atoms with E-state index in [0.717, 1.165) is 6.42 Å². The minimum Gasteiger partial charge on any atom is -0.435 e. The number of aromatic nitrogens is 1. The van der Waals surface area contributed by atoms with E-state index in [1.165, 1.54) is 23.5 Å². The molecule has 2 rings (SSSR count). The van der Waals surface area contributed by atoms with E-state index in [1.807, 2.05) is 0 Å². The molecule has 0 aliphatic carbocycles. The van der Waals surface area contributed by atoms with Crippen molar-refractivity contribution in [2.45, 2.75) is 26.9 Å². The van der Waals surface area contributed by atoms with E-state index in [1.54, 1.807) is 17.5 Å². The van der Waals surface area contributed by atoms with Crippen molar-refractivity contribution in [3.63, 3.8) is 0 Å². The number of halogens is 2. The molecule has 0 unspecified atom stereocenters. The van der Waals surface area contributed by atoms with Crippen LogP contribution in [0.5, 0.6) is 5.75 Å². The Morgan fingerprint density at radius 3 is 2.62 bits per heavy atom. The molecule has 0 aliphatic rings. The summed E-state index contributed by atoms with van der Waals surface area (Å²) in [6.07, 6.45) is 0.911. The van der Waals surface area contributed by atoms with Crippen LogP contribution in [-0.4, -0.2) is 24.0 Å². The number of anilines is 2. The second kappa shape index (κ2) is 8.58. The van der Waals surface area contributed by atoms with Crippen LogP contribution in [0.3, 0.4) is 0 Å². The number of rotatable bonds is 8. The van der Waals surface area contributed by atoms with Crippen LogP contribution in [0.15, 0.2) is 29.6 Å². The smallest absolute Gasteiger partial charge is 0.387 e. The molecule has 0 saturated heterocycles. The molecule has 0 bridgehead atoms. The minimum atomic E-state index is -2.85. The Labute approximate surface area is 143 Å². The lowest BCUT2D eigenvalue weighted by atomic mass is 10.1. The Bertz CT molecular complexity index is 660. The number of carbonyl (C=O) groups excluding carboxylic acids is 1. The molecule has 1 aromatic carbocycles. The summed E-state index contributed by atoms with van der Waals surface area (Å²) in [7, 11) is 0. The molecular formula is C16H19F2N3O2S. The van der Waals surface area contributed by atoms with Crippen LogP contribution < -0.4 is 15.4 Å². The quantitative estimate of drug-likeness (QED) is 0.742. The third kappa shape index (κ3) is 5.77. The van der Waals surface area contributed by atoms with Gasteiger partial charge in [-0.15, -0.1) is 11.3 Å². The lowest BCUT2D eigenvalue weighted by Crippen LogP contribution is -2.25. The van der Waals surface area contributed by atoms with Crippen molar-refractivity contribution in [2.75, 3.05) is 11.9 Å². The molecule has 2 aromatic rings. The first-order valence-corrected chi connectivity index (χ1v) is 8.37. The molecule has 5 nitrogen and oxygen atoms in total. The summed E-state index contributed by atoms with van der Waals surface area (Å²) >= 11 is 1.29. The van der Waals surface area contributed by atoms with E-state index in [-0.39, 0.29) is 11.7 Å². The molecule has 0 spiro atoms. The highest BCUT2D eigenvalue weighted by molar-refractivity contribution is 7.14. The summed E-state index contributed by atoms with van der Waals surface area (Å²) < 4.78 is 28.5. The summed E-state index contributed by atoms with van der Waals surface area (Å²) in [6, 6.07) is 6.06. The zero-order valence-electron chi connectivity index (χ0n) is 13.4. The van der Waals surface area contributed by atoms with Gasteiger partial charge in [-0.2, -0.15) is 8.78 Å². The SMILES string of the molecule is CC(C)CCNC(=O)c1csc(Nc2ccc(OC(F)F)cc2)n1. The summed E-state index contributed by atoms with van der Waals surface area (Å²) in [6.45, 7) is 1.95. The number of nitrogens with zero attached hydrogens (tertiary/aromatic N) is 1. The fourth-order valence-corrected chi connectivity index (χ4v) is 2.55. The minimum absolute atomic E-state index is 0.0832. The van der Waals surface area contributed by atoms with Crippen molar-refractivity contribution in [1.82, 2.24) is 10.3 Å². The van der Waals surface area contributed by atoms with E-state index < -0.39 is 6.61 Å². The predicted molar refractivity (Wildman–Crippen MR) is 90.3 cm³/mol. The molecule has 2 N–H and O–H groups in total. The highest BCUT2D eigenvalue weighted by atomic mass is 32.1. The summed E-state index contributed by atoms with van der Waals surface area (Å²) in [5, 5.41) is 8.06. The van der Waals surface area contributed by atoms with E-state index >= 15 is 0 Å². The van der Waals surface area contributed by atoms with Gasteiger partial charge in [-0.05, 0) is 36.6 Å². The van der Waals surface area contributed by atoms with E-state index in [0.29, 0.717) is 29.0 Å². The fourth-order valence-electron chi connectivity index (χ4n) is 1.84. The summed E-state index contributed by atoms with van der Waals surface area (Å²) in [5.41, 5.74) is 1.02. The van der Waals surface area contributed by atoms with E-state index in [4.69, 9.17) is 0 Å². The predicted octanol–water partition coefficient (Wildman–Crippen LogP) is 4.26. The molecule has 0 atom stereocenters. The Morgan fingerprint density at radius 1 is 1.29 bits per heavy atom. The van der Waals surface area contributed by atoms with Crippen molar-refractivity contribution in [3.8, 4) is 5.75 Å². The van der Waals surface area contributed by atoms with Gasteiger partial charge in [0.05, 0.1) is 0 Å². The van der Waals surface area contributed by atoms with Gasteiger partial charge in [0.25, 0.3) is 5.91 Å². The summed E-state index contributed by atoms with van der Waals surface area (Å²) in [4.78, 5) is 16.2. The zero-order chi connectivity index (χ0) is 17.5. The van der Waals surface area contributed by atoms with Gasteiger partial charge in [-0.25, -0.2) is 4.98 Å². The van der Waals surface area contributed by atoms with Crippen LogP contribution in [-0.2, 0) is 0 Å². The van der Waals surface area contributed by atoms with Crippen LogP contribution in [0.25, 0.3) is 0 Å². The lowest BCUT2D eigenvalue weighted by molar-refractivity contribution is -0.0498. The van der Waals surface area contributed by atoms with E-state index in [2.05, 4.69) is 34.2 Å². The molecule has 8 heteroatoms. The molecule has 0 fully saturated rings. The van der Waals surface area contributed by atoms with Crippen LogP contribution in [0.1, 0.15) is 30.8 Å². The molecule has 0 saturated carbocycles. The Morgan fingerprint density at radius 2 is 2.00 bits per heavy atom. The average molecular weight is 355 g/mol. The second-order valence-corrected chi connectivity index (χ2v) is 6.36. The van der Waals surface area contributed by atoms with Gasteiger partial charge in [0.15, 0.2) is 5.13 Å². The maximum Gasteiger partial charge on any atom is 0.387 e. The molecule has 1 heterocycles. The zero-order valence-corrected chi connectivity index (χ0v) is 14.2. The van der Waals surface area contributed by atoms with Gasteiger partial charge in [-0.1, -0.05) is 13.8 Å². The first-order valence-electron chi connectivity index (χ1n) is 7.49. The molecule has 1 aromatic heterocycles. The summed E-state index contributed by atoms with van der Waals surface area (Å²) in [5.74, 6) is 0.399. The molecule has 130 valence electrons. The second-order valence-electron chi connectivity index (χ2n) is 5.50. The van der Waals surface area contributed by atoms with Crippen LogP contribution in [0.2, 0.25) is 0 Å². The van der Waals surface area contributed by atoms with Crippen LogP contribution in [0.4, 0.5) is 19.6 Å².